The third-order valence-corrected chi connectivity index (χ3v) is 1.42. The van der Waals surface area contributed by atoms with Crippen LogP contribution in [0.4, 0.5) is 13.2 Å². The van der Waals surface area contributed by atoms with Crippen LogP contribution in [0.5, 0.6) is 0 Å². The molecule has 1 heterocycles. The highest BCUT2D eigenvalue weighted by molar-refractivity contribution is 4.25. The van der Waals surface area contributed by atoms with E-state index in [-0.39, 0.29) is 5.17 Å². The Balaban J connectivity index is 2.85. The van der Waals surface area contributed by atoms with E-state index in [0.29, 0.717) is 7.05 Å². The predicted octanol–water partition coefficient (Wildman–Crippen LogP) is 0.306. The fourth-order valence-corrected chi connectivity index (χ4v) is 0.568. The summed E-state index contributed by atoms with van der Waals surface area (Å²) in [5, 5.41) is 9.84. The molecule has 72 valence electrons. The van der Waals surface area contributed by atoms with Gasteiger partial charge in [-0.2, -0.15) is 0 Å². The van der Waals surface area contributed by atoms with Crippen LogP contribution in [0.15, 0.2) is 0 Å². The van der Waals surface area contributed by atoms with Gasteiger partial charge in [-0.25, -0.2) is 0 Å². The largest absolute Gasteiger partial charge is 0.732 e. The van der Waals surface area contributed by atoms with Gasteiger partial charge < -0.3 is 5.21 Å². The number of rotatable bonds is 0. The molecule has 1 atom stereocenters. The number of halogens is 3. The van der Waals surface area contributed by atoms with Crippen LogP contribution < -0.4 is 0 Å². The molecular weight excluding hydrogens is 183 g/mol. The Bertz CT molecular complexity index is 187. The number of hydrogen-bond donors (Lipinski definition) is 0. The molecule has 1 unspecified atom stereocenters. The highest BCUT2D eigenvalue weighted by Gasteiger charge is 2.64. The van der Waals surface area contributed by atoms with Crippen LogP contribution in [-0.2, 0) is 9.88 Å². The van der Waals surface area contributed by atoms with Crippen molar-refractivity contribution in [2.24, 2.45) is 0 Å². The first kappa shape index (κ1) is 9.64. The zero-order valence-electron chi connectivity index (χ0n) is 6.20. The van der Waals surface area contributed by atoms with Gasteiger partial charge >= 0.3 is 6.30 Å². The van der Waals surface area contributed by atoms with Crippen LogP contribution in [-0.4, -0.2) is 35.7 Å². The highest BCUT2D eigenvalue weighted by atomic mass is 19.4. The first-order valence-electron chi connectivity index (χ1n) is 2.80. The van der Waals surface area contributed by atoms with E-state index >= 15 is 0 Å². The molecule has 0 radical (unpaired) electrons. The molecule has 0 saturated carbocycles. The maximum absolute atomic E-state index is 12.1. The summed E-state index contributed by atoms with van der Waals surface area (Å²) in [5.74, 6) is 0. The van der Waals surface area contributed by atoms with E-state index in [2.05, 4.69) is 9.88 Å². The monoisotopic (exact) mass is 189 g/mol. The zero-order valence-corrected chi connectivity index (χ0v) is 6.20. The summed E-state index contributed by atoms with van der Waals surface area (Å²) in [6.07, 6.45) is -4.76. The number of quaternary nitrogens is 1. The summed E-state index contributed by atoms with van der Waals surface area (Å²) in [5.41, 5.74) is 0. The molecule has 0 aromatic carbocycles. The Hall–Kier alpha value is -0.450. The van der Waals surface area contributed by atoms with Crippen LogP contribution in [0.25, 0.3) is 0 Å². The third-order valence-electron chi connectivity index (χ3n) is 1.42. The number of alkyl halides is 3. The van der Waals surface area contributed by atoms with E-state index in [1.165, 1.54) is 0 Å². The van der Waals surface area contributed by atoms with Gasteiger partial charge in [0.15, 0.2) is 0 Å². The number of hydrogen-bond acceptors (Lipinski definition) is 5. The average Bonchev–Trinajstić information content (AvgIpc) is 2.06. The van der Waals surface area contributed by atoms with Crippen molar-refractivity contribution in [3.63, 3.8) is 0 Å². The van der Waals surface area contributed by atoms with Crippen LogP contribution in [0.1, 0.15) is 0 Å². The van der Waals surface area contributed by atoms with Crippen molar-refractivity contribution in [2.75, 3.05) is 14.1 Å². The second-order valence-corrected chi connectivity index (χ2v) is 2.20. The fourth-order valence-electron chi connectivity index (χ4n) is 0.568. The molecule has 0 bridgehead atoms. The zero-order chi connectivity index (χ0) is 9.57. The minimum atomic E-state index is -4.76. The summed E-state index contributed by atoms with van der Waals surface area (Å²) in [6.45, 7) is 0. The molecule has 1 saturated heterocycles. The molecule has 0 aliphatic carbocycles. The van der Waals surface area contributed by atoms with Crippen molar-refractivity contribution in [2.45, 2.75) is 6.30 Å². The number of nitrogens with zero attached hydrogens (tertiary/aromatic N) is 3. The summed E-state index contributed by atoms with van der Waals surface area (Å²) in [7, 11) is 1.54. The van der Waals surface area contributed by atoms with Crippen LogP contribution in [0.3, 0.4) is 0 Å². The molecule has 12 heavy (non-hydrogen) atoms. The van der Waals surface area contributed by atoms with E-state index in [9.17, 15) is 18.4 Å². The van der Waals surface area contributed by atoms with Gasteiger partial charge in [-0.15, -0.1) is 18.1 Å². The van der Waals surface area contributed by atoms with Gasteiger partial charge in [-0.1, -0.05) is 4.94 Å². The molecule has 1 aliphatic heterocycles. The summed E-state index contributed by atoms with van der Waals surface area (Å²) in [4.78, 5) is 7.76. The van der Waals surface area contributed by atoms with Crippen molar-refractivity contribution in [3.8, 4) is 0 Å². The molecule has 1 rings (SSSR count). The van der Waals surface area contributed by atoms with Crippen LogP contribution in [0.2, 0.25) is 0 Å². The van der Waals surface area contributed by atoms with Crippen molar-refractivity contribution in [1.82, 2.24) is 10.6 Å². The molecular formula is C3H6F3N3O3. The fraction of sp³-hybridized carbons (Fsp3) is 1.00. The Morgan fingerprint density at radius 2 is 1.92 bits per heavy atom. The summed E-state index contributed by atoms with van der Waals surface area (Å²) < 4.78 is 34.4. The lowest BCUT2D eigenvalue weighted by Crippen LogP contribution is -2.58. The third kappa shape index (κ3) is 1.26. The minimum Gasteiger partial charge on any atom is -0.732 e. The Morgan fingerprint density at radius 1 is 1.42 bits per heavy atom. The Morgan fingerprint density at radius 3 is 2.08 bits per heavy atom. The lowest BCUT2D eigenvalue weighted by molar-refractivity contribution is -1.24. The first-order valence-corrected chi connectivity index (χ1v) is 2.80. The topological polar surface area (TPSA) is 48.0 Å². The normalized spacial score (nSPS) is 34.5. The van der Waals surface area contributed by atoms with E-state index in [0.717, 1.165) is 7.05 Å². The van der Waals surface area contributed by atoms with Crippen molar-refractivity contribution < 1.29 is 27.8 Å². The van der Waals surface area contributed by atoms with Crippen LogP contribution in [0, 0.1) is 5.21 Å². The lowest BCUT2D eigenvalue weighted by Gasteiger charge is -2.26. The summed E-state index contributed by atoms with van der Waals surface area (Å²) in [6, 6.07) is 0. The van der Waals surface area contributed by atoms with Gasteiger partial charge in [0.2, 0.25) is 0 Å². The van der Waals surface area contributed by atoms with Crippen molar-refractivity contribution in [1.29, 1.82) is 0 Å². The van der Waals surface area contributed by atoms with Gasteiger partial charge in [0.05, 0.1) is 7.05 Å². The van der Waals surface area contributed by atoms with E-state index < -0.39 is 16.4 Å². The SMILES string of the molecule is CN1ON([O-])O[N+]1(C)C(F)(F)F. The highest BCUT2D eigenvalue weighted by Crippen LogP contribution is 2.35. The first-order chi connectivity index (χ1) is 5.27. The van der Waals surface area contributed by atoms with Crippen molar-refractivity contribution in [3.05, 3.63) is 5.21 Å². The Labute approximate surface area is 65.2 Å². The molecule has 9 heteroatoms. The van der Waals surface area contributed by atoms with Gasteiger partial charge in [0, 0.05) is 9.93 Å². The lowest BCUT2D eigenvalue weighted by atomic mass is 10.9. The van der Waals surface area contributed by atoms with E-state index in [4.69, 9.17) is 0 Å². The predicted molar refractivity (Wildman–Crippen MR) is 27.4 cm³/mol. The van der Waals surface area contributed by atoms with E-state index in [1.54, 1.807) is 0 Å². The molecule has 0 N–H and O–H groups in total. The quantitative estimate of drug-likeness (QED) is 0.405. The molecule has 0 spiro atoms. The smallest absolute Gasteiger partial charge is 0.615 e. The molecule has 1 fully saturated rings. The molecule has 6 nitrogen and oxygen atoms in total. The number of hydroxylamine groups is 3. The second kappa shape index (κ2) is 2.52. The minimum absolute atomic E-state index is 0.229. The van der Waals surface area contributed by atoms with Crippen LogP contribution >= 0.6 is 0 Å². The van der Waals surface area contributed by atoms with Gasteiger partial charge in [0.1, 0.15) is 7.05 Å². The average molecular weight is 189 g/mol. The van der Waals surface area contributed by atoms with Gasteiger partial charge in [-0.05, 0) is 5.39 Å². The molecule has 0 aromatic heterocycles. The van der Waals surface area contributed by atoms with Gasteiger partial charge in [0.25, 0.3) is 0 Å². The Kier molecular flexibility index (Phi) is 2.02. The molecule has 1 aliphatic rings. The molecule has 0 amide bonds. The second-order valence-electron chi connectivity index (χ2n) is 2.20. The standard InChI is InChI=1S/C3H6F3N3O3/c1-7-9(2,3(4,5)6)12-8(10)11-7/h1-2H3. The van der Waals surface area contributed by atoms with Gasteiger partial charge in [-0.3, -0.25) is 0 Å². The maximum atomic E-state index is 12.1. The molecule has 0 aromatic rings. The summed E-state index contributed by atoms with van der Waals surface area (Å²) >= 11 is 0. The maximum Gasteiger partial charge on any atom is 0.615 e. The van der Waals surface area contributed by atoms with E-state index in [1.807, 2.05) is 0 Å². The van der Waals surface area contributed by atoms with Crippen molar-refractivity contribution >= 4 is 0 Å².